The Balaban J connectivity index is 2.47. The van der Waals surface area contributed by atoms with Crippen LogP contribution in [-0.2, 0) is 14.4 Å². The average Bonchev–Trinajstić information content (AvgIpc) is 2.20. The van der Waals surface area contributed by atoms with E-state index in [0.29, 0.717) is 19.4 Å². The fourth-order valence-corrected chi connectivity index (χ4v) is 1.77. The van der Waals surface area contributed by atoms with Crippen molar-refractivity contribution < 1.29 is 19.5 Å². The number of unbranched alkanes of at least 4 members (excludes halogenated alkanes) is 1. The van der Waals surface area contributed by atoms with Crippen molar-refractivity contribution in [2.75, 3.05) is 13.1 Å². The number of aliphatic carboxylic acids is 1. The summed E-state index contributed by atoms with van der Waals surface area (Å²) in [6.45, 7) is 4.25. The number of nitrogens with one attached hydrogen (secondary N) is 1. The Labute approximate surface area is 100.0 Å². The highest BCUT2D eigenvalue weighted by atomic mass is 16.4. The average molecular weight is 242 g/mol. The van der Waals surface area contributed by atoms with Crippen LogP contribution in [0.3, 0.4) is 0 Å². The van der Waals surface area contributed by atoms with Gasteiger partial charge in [-0.1, -0.05) is 0 Å². The topological polar surface area (TPSA) is 86.7 Å². The van der Waals surface area contributed by atoms with Gasteiger partial charge in [-0.25, -0.2) is 0 Å². The van der Waals surface area contributed by atoms with Crippen molar-refractivity contribution in [2.24, 2.45) is 0 Å². The summed E-state index contributed by atoms with van der Waals surface area (Å²) in [5, 5.41) is 10.8. The quantitative estimate of drug-likeness (QED) is 0.522. The highest BCUT2D eigenvalue weighted by Crippen LogP contribution is 2.18. The maximum atomic E-state index is 11.6. The number of rotatable bonds is 5. The van der Waals surface area contributed by atoms with Crippen molar-refractivity contribution in [3.63, 3.8) is 0 Å². The number of hydrogen-bond acceptors (Lipinski definition) is 4. The zero-order valence-electron chi connectivity index (χ0n) is 10.2. The van der Waals surface area contributed by atoms with E-state index in [9.17, 15) is 14.4 Å². The van der Waals surface area contributed by atoms with Crippen LogP contribution in [-0.4, -0.2) is 46.4 Å². The van der Waals surface area contributed by atoms with E-state index >= 15 is 0 Å². The summed E-state index contributed by atoms with van der Waals surface area (Å²) in [4.78, 5) is 35.0. The van der Waals surface area contributed by atoms with Gasteiger partial charge in [-0.2, -0.15) is 0 Å². The molecule has 2 amide bonds. The molecular formula is C11H18N2O4. The summed E-state index contributed by atoms with van der Waals surface area (Å²) >= 11 is 0. The first-order valence-electron chi connectivity index (χ1n) is 5.65. The lowest BCUT2D eigenvalue weighted by atomic mass is 9.98. The Bertz CT molecular complexity index is 338. The molecule has 0 aromatic rings. The molecule has 0 radical (unpaired) electrons. The number of carboxylic acids is 1. The smallest absolute Gasteiger partial charge is 0.303 e. The second kappa shape index (κ2) is 5.27. The van der Waals surface area contributed by atoms with Gasteiger partial charge in [-0.15, -0.1) is 0 Å². The van der Waals surface area contributed by atoms with E-state index in [1.807, 2.05) is 0 Å². The van der Waals surface area contributed by atoms with Gasteiger partial charge < -0.3 is 5.11 Å². The van der Waals surface area contributed by atoms with E-state index in [-0.39, 0.29) is 24.8 Å². The van der Waals surface area contributed by atoms with Gasteiger partial charge in [0.15, 0.2) is 0 Å². The highest BCUT2D eigenvalue weighted by molar-refractivity contribution is 6.02. The van der Waals surface area contributed by atoms with Crippen molar-refractivity contribution >= 4 is 17.8 Å². The molecule has 96 valence electrons. The number of carboxylic acid groups (broad SMARTS) is 1. The number of nitrogens with zero attached hydrogens (tertiary/aromatic N) is 1. The van der Waals surface area contributed by atoms with Crippen molar-refractivity contribution in [3.05, 3.63) is 0 Å². The van der Waals surface area contributed by atoms with E-state index in [4.69, 9.17) is 5.11 Å². The zero-order valence-corrected chi connectivity index (χ0v) is 10.2. The molecule has 0 aromatic heterocycles. The molecule has 1 saturated heterocycles. The third-order valence-electron chi connectivity index (χ3n) is 3.00. The number of imide groups is 1. The van der Waals surface area contributed by atoms with Gasteiger partial charge in [0.05, 0.1) is 12.1 Å². The molecule has 0 aromatic carbocycles. The molecule has 0 aliphatic carbocycles. The molecule has 1 heterocycles. The van der Waals surface area contributed by atoms with Gasteiger partial charge in [0.25, 0.3) is 0 Å². The minimum atomic E-state index is -0.822. The van der Waals surface area contributed by atoms with Crippen LogP contribution in [0.15, 0.2) is 0 Å². The predicted octanol–water partition coefficient (Wildman–Crippen LogP) is -0.0217. The molecule has 6 nitrogen and oxygen atoms in total. The molecule has 0 spiro atoms. The van der Waals surface area contributed by atoms with Crippen molar-refractivity contribution in [1.29, 1.82) is 0 Å². The Hall–Kier alpha value is -1.43. The predicted molar refractivity (Wildman–Crippen MR) is 60.3 cm³/mol. The van der Waals surface area contributed by atoms with Crippen molar-refractivity contribution in [3.8, 4) is 0 Å². The number of carbonyl (C=O) groups excluding carboxylic acids is 2. The maximum Gasteiger partial charge on any atom is 0.303 e. The molecule has 1 fully saturated rings. The first kappa shape index (κ1) is 13.6. The van der Waals surface area contributed by atoms with Gasteiger partial charge in [0, 0.05) is 6.42 Å². The number of piperazine rings is 1. The van der Waals surface area contributed by atoms with Gasteiger partial charge in [0.1, 0.15) is 0 Å². The Morgan fingerprint density at radius 2 is 2.06 bits per heavy atom. The highest BCUT2D eigenvalue weighted by Gasteiger charge is 2.40. The lowest BCUT2D eigenvalue weighted by Gasteiger charge is -2.40. The number of amides is 2. The summed E-state index contributed by atoms with van der Waals surface area (Å²) in [5.41, 5.74) is -0.711. The minimum Gasteiger partial charge on any atom is -0.481 e. The lowest BCUT2D eigenvalue weighted by molar-refractivity contribution is -0.145. The zero-order chi connectivity index (χ0) is 13.1. The molecule has 17 heavy (non-hydrogen) atoms. The second-order valence-corrected chi connectivity index (χ2v) is 4.71. The van der Waals surface area contributed by atoms with Crippen molar-refractivity contribution in [2.45, 2.75) is 38.6 Å². The molecule has 0 bridgehead atoms. The summed E-state index contributed by atoms with van der Waals surface area (Å²) in [6.07, 6.45) is 1.34. The molecule has 0 saturated carbocycles. The van der Waals surface area contributed by atoms with E-state index < -0.39 is 11.5 Å². The van der Waals surface area contributed by atoms with E-state index in [0.717, 1.165) is 0 Å². The minimum absolute atomic E-state index is 0.119. The summed E-state index contributed by atoms with van der Waals surface area (Å²) < 4.78 is 0. The standard InChI is InChI=1S/C11H18N2O4/c1-11(2)10(17)12-8(14)7-13(11)6-4-3-5-9(15)16/h3-7H2,1-2H3,(H,15,16)(H,12,14,17). The van der Waals surface area contributed by atoms with Gasteiger partial charge in [-0.05, 0) is 33.2 Å². The molecule has 0 atom stereocenters. The number of hydrogen-bond donors (Lipinski definition) is 2. The molecule has 1 rings (SSSR count). The van der Waals surface area contributed by atoms with Crippen LogP contribution in [0.5, 0.6) is 0 Å². The summed E-state index contributed by atoms with van der Waals surface area (Å²) in [6, 6.07) is 0. The Morgan fingerprint density at radius 1 is 1.41 bits per heavy atom. The Kier molecular flexibility index (Phi) is 4.22. The monoisotopic (exact) mass is 242 g/mol. The fraction of sp³-hybridized carbons (Fsp3) is 0.727. The van der Waals surface area contributed by atoms with E-state index in [2.05, 4.69) is 5.32 Å². The van der Waals surface area contributed by atoms with Crippen LogP contribution >= 0.6 is 0 Å². The third-order valence-corrected chi connectivity index (χ3v) is 3.00. The maximum absolute atomic E-state index is 11.6. The van der Waals surface area contributed by atoms with Gasteiger partial charge in [-0.3, -0.25) is 24.6 Å². The SMILES string of the molecule is CC1(C)C(=O)NC(=O)CN1CCCCC(=O)O. The molecule has 1 aliphatic heterocycles. The molecular weight excluding hydrogens is 224 g/mol. The van der Waals surface area contributed by atoms with Crippen LogP contribution < -0.4 is 5.32 Å². The van der Waals surface area contributed by atoms with Crippen LogP contribution in [0.4, 0.5) is 0 Å². The molecule has 2 N–H and O–H groups in total. The normalized spacial score (nSPS) is 20.1. The summed E-state index contributed by atoms with van der Waals surface area (Å²) in [5.74, 6) is -1.42. The van der Waals surface area contributed by atoms with Crippen LogP contribution in [0.1, 0.15) is 33.1 Å². The van der Waals surface area contributed by atoms with Crippen molar-refractivity contribution in [1.82, 2.24) is 10.2 Å². The summed E-state index contributed by atoms with van der Waals surface area (Å²) in [7, 11) is 0. The number of carbonyl (C=O) groups is 3. The van der Waals surface area contributed by atoms with Crippen LogP contribution in [0.25, 0.3) is 0 Å². The van der Waals surface area contributed by atoms with E-state index in [1.165, 1.54) is 0 Å². The first-order valence-corrected chi connectivity index (χ1v) is 5.65. The van der Waals surface area contributed by atoms with Crippen LogP contribution in [0.2, 0.25) is 0 Å². The van der Waals surface area contributed by atoms with Gasteiger partial charge in [0.2, 0.25) is 11.8 Å². The fourth-order valence-electron chi connectivity index (χ4n) is 1.77. The largest absolute Gasteiger partial charge is 0.481 e. The molecule has 6 heteroatoms. The first-order chi connectivity index (χ1) is 7.84. The third kappa shape index (κ3) is 3.52. The Morgan fingerprint density at radius 3 is 2.65 bits per heavy atom. The van der Waals surface area contributed by atoms with E-state index in [1.54, 1.807) is 18.7 Å². The lowest BCUT2D eigenvalue weighted by Crippen LogP contribution is -2.64. The molecule has 1 aliphatic rings. The van der Waals surface area contributed by atoms with Gasteiger partial charge >= 0.3 is 5.97 Å². The van der Waals surface area contributed by atoms with Crippen LogP contribution in [0, 0.1) is 0 Å². The second-order valence-electron chi connectivity index (χ2n) is 4.71. The molecule has 0 unspecified atom stereocenters.